The van der Waals surface area contributed by atoms with E-state index in [2.05, 4.69) is 11.6 Å². The van der Waals surface area contributed by atoms with Crippen molar-refractivity contribution in [1.29, 1.82) is 0 Å². The Morgan fingerprint density at radius 2 is 2.53 bits per heavy atom. The van der Waals surface area contributed by atoms with Gasteiger partial charge in [-0.2, -0.15) is 0 Å². The van der Waals surface area contributed by atoms with Crippen LogP contribution in [0.1, 0.15) is 25.6 Å². The van der Waals surface area contributed by atoms with E-state index < -0.39 is 5.97 Å². The van der Waals surface area contributed by atoms with Gasteiger partial charge in [0.2, 0.25) is 0 Å². The molecule has 1 aromatic rings. The molecular formula is C11H17N2O2+. The van der Waals surface area contributed by atoms with Crippen LogP contribution in [0.3, 0.4) is 0 Å². The predicted molar refractivity (Wildman–Crippen MR) is 57.1 cm³/mol. The fourth-order valence-corrected chi connectivity index (χ4v) is 1.56. The third-order valence-electron chi connectivity index (χ3n) is 2.57. The van der Waals surface area contributed by atoms with Crippen LogP contribution in [-0.4, -0.2) is 16.1 Å². The van der Waals surface area contributed by atoms with E-state index in [9.17, 15) is 4.79 Å². The quantitative estimate of drug-likeness (QED) is 0.697. The Hall–Kier alpha value is -1.58. The van der Waals surface area contributed by atoms with Crippen molar-refractivity contribution in [2.75, 3.05) is 0 Å². The molecule has 1 unspecified atom stereocenters. The Kier molecular flexibility index (Phi) is 4.09. The van der Waals surface area contributed by atoms with Gasteiger partial charge in [0.15, 0.2) is 0 Å². The largest absolute Gasteiger partial charge is 0.481 e. The van der Waals surface area contributed by atoms with Crippen LogP contribution in [0.4, 0.5) is 0 Å². The van der Waals surface area contributed by atoms with Gasteiger partial charge in [-0.3, -0.25) is 4.79 Å². The van der Waals surface area contributed by atoms with Crippen LogP contribution in [0.25, 0.3) is 6.20 Å². The van der Waals surface area contributed by atoms with Crippen molar-refractivity contribution in [2.45, 2.75) is 26.2 Å². The molecule has 0 saturated heterocycles. The molecule has 0 aromatic carbocycles. The second-order valence-corrected chi connectivity index (χ2v) is 3.48. The number of carboxylic acids is 1. The number of nitrogens with zero attached hydrogens (tertiary/aromatic N) is 1. The molecule has 1 aromatic heterocycles. The van der Waals surface area contributed by atoms with Crippen molar-refractivity contribution < 1.29 is 14.5 Å². The molecule has 1 rings (SSSR count). The molecule has 2 N–H and O–H groups in total. The lowest BCUT2D eigenvalue weighted by Gasteiger charge is -2.06. The van der Waals surface area contributed by atoms with E-state index in [0.717, 1.165) is 12.2 Å². The fourth-order valence-electron chi connectivity index (χ4n) is 1.56. The van der Waals surface area contributed by atoms with E-state index in [0.29, 0.717) is 12.8 Å². The van der Waals surface area contributed by atoms with E-state index in [1.165, 1.54) is 0 Å². The lowest BCUT2D eigenvalue weighted by atomic mass is 10.0. The van der Waals surface area contributed by atoms with Gasteiger partial charge in [-0.25, -0.2) is 9.55 Å². The topological polar surface area (TPSA) is 57.0 Å². The fraction of sp³-hybridized carbons (Fsp3) is 0.455. The summed E-state index contributed by atoms with van der Waals surface area (Å²) in [7, 11) is 0. The summed E-state index contributed by atoms with van der Waals surface area (Å²) in [5.41, 5.74) is 0. The number of hydrogen-bond acceptors (Lipinski definition) is 1. The number of carboxylic acid groups (broad SMARTS) is 1. The van der Waals surface area contributed by atoms with Gasteiger partial charge < -0.3 is 5.11 Å². The van der Waals surface area contributed by atoms with Crippen molar-refractivity contribution in [1.82, 2.24) is 4.98 Å². The van der Waals surface area contributed by atoms with Crippen LogP contribution in [0.15, 0.2) is 19.0 Å². The Morgan fingerprint density at radius 1 is 1.80 bits per heavy atom. The summed E-state index contributed by atoms with van der Waals surface area (Å²) in [5.74, 6) is 0.0190. The van der Waals surface area contributed by atoms with Gasteiger partial charge in [0.1, 0.15) is 12.4 Å². The van der Waals surface area contributed by atoms with Crippen LogP contribution in [-0.2, 0) is 11.2 Å². The smallest absolute Gasteiger partial charge is 0.306 e. The number of aryl methyl sites for hydroxylation is 1. The average Bonchev–Trinajstić information content (AvgIpc) is 2.65. The summed E-state index contributed by atoms with van der Waals surface area (Å²) < 4.78 is 1.87. The predicted octanol–water partition coefficient (Wildman–Crippen LogP) is 1.45. The first-order valence-electron chi connectivity index (χ1n) is 5.11. The zero-order valence-electron chi connectivity index (χ0n) is 8.94. The van der Waals surface area contributed by atoms with Crippen molar-refractivity contribution in [3.8, 4) is 0 Å². The van der Waals surface area contributed by atoms with E-state index in [1.54, 1.807) is 6.20 Å². The number of imidazole rings is 1. The highest BCUT2D eigenvalue weighted by molar-refractivity contribution is 5.69. The summed E-state index contributed by atoms with van der Waals surface area (Å²) in [5, 5.41) is 8.89. The summed E-state index contributed by atoms with van der Waals surface area (Å²) in [6, 6.07) is 0. The first-order chi connectivity index (χ1) is 7.19. The Balaban J connectivity index is 2.56. The molecule has 0 fully saturated rings. The van der Waals surface area contributed by atoms with Crippen molar-refractivity contribution in [3.63, 3.8) is 0 Å². The maximum absolute atomic E-state index is 10.8. The van der Waals surface area contributed by atoms with Gasteiger partial charge in [-0.05, 0) is 12.8 Å². The summed E-state index contributed by atoms with van der Waals surface area (Å²) in [4.78, 5) is 13.9. The molecule has 1 atom stereocenters. The minimum Gasteiger partial charge on any atom is -0.481 e. The molecule has 0 radical (unpaired) electrons. The van der Waals surface area contributed by atoms with E-state index in [-0.39, 0.29) is 5.92 Å². The summed E-state index contributed by atoms with van der Waals surface area (Å²) in [6.45, 7) is 5.57. The minimum absolute atomic E-state index is 0.258. The molecule has 0 amide bonds. The Labute approximate surface area is 89.3 Å². The molecule has 1 heterocycles. The minimum atomic E-state index is -0.714. The van der Waals surface area contributed by atoms with Crippen LogP contribution >= 0.6 is 0 Å². The molecule has 15 heavy (non-hydrogen) atoms. The van der Waals surface area contributed by atoms with Crippen molar-refractivity contribution >= 4 is 12.2 Å². The number of aromatic amines is 1. The van der Waals surface area contributed by atoms with Gasteiger partial charge in [-0.15, -0.1) is 0 Å². The molecule has 0 aliphatic carbocycles. The van der Waals surface area contributed by atoms with Crippen molar-refractivity contribution in [2.24, 2.45) is 5.92 Å². The molecule has 0 saturated carbocycles. The lowest BCUT2D eigenvalue weighted by molar-refractivity contribution is -0.575. The van der Waals surface area contributed by atoms with Gasteiger partial charge in [0.25, 0.3) is 5.82 Å². The Morgan fingerprint density at radius 3 is 3.07 bits per heavy atom. The zero-order chi connectivity index (χ0) is 11.3. The molecule has 82 valence electrons. The number of H-pyrrole nitrogens is 1. The van der Waals surface area contributed by atoms with E-state index in [4.69, 9.17) is 5.11 Å². The standard InChI is InChI=1S/C11H16N2O2/c1-3-9(11(14)15)5-6-10-12-7-8-13(10)4-2/h4,7-9H,2-3,5-6H2,1H3,(H,14,15)/p+1. The molecular weight excluding hydrogens is 192 g/mol. The second-order valence-electron chi connectivity index (χ2n) is 3.48. The van der Waals surface area contributed by atoms with Gasteiger partial charge in [-0.1, -0.05) is 13.5 Å². The zero-order valence-corrected chi connectivity index (χ0v) is 8.94. The number of aliphatic carboxylic acids is 1. The molecule has 0 aliphatic heterocycles. The van der Waals surface area contributed by atoms with Crippen LogP contribution in [0.2, 0.25) is 0 Å². The number of rotatable bonds is 6. The lowest BCUT2D eigenvalue weighted by Crippen LogP contribution is -2.29. The molecule has 4 heteroatoms. The monoisotopic (exact) mass is 209 g/mol. The maximum atomic E-state index is 10.8. The highest BCUT2D eigenvalue weighted by atomic mass is 16.4. The molecule has 0 bridgehead atoms. The molecule has 4 nitrogen and oxygen atoms in total. The Bertz CT molecular complexity index is 344. The maximum Gasteiger partial charge on any atom is 0.306 e. The molecule has 0 aliphatic rings. The SMILES string of the molecule is C=C[n+]1cc[nH]c1CCC(CC)C(=O)O. The first kappa shape index (κ1) is 11.5. The second kappa shape index (κ2) is 5.34. The van der Waals surface area contributed by atoms with Crippen molar-refractivity contribution in [3.05, 3.63) is 24.8 Å². The number of aromatic nitrogens is 2. The van der Waals surface area contributed by atoms with E-state index in [1.807, 2.05) is 23.9 Å². The first-order valence-corrected chi connectivity index (χ1v) is 5.11. The number of nitrogens with one attached hydrogen (secondary N) is 1. The third kappa shape index (κ3) is 2.94. The van der Waals surface area contributed by atoms with Crippen LogP contribution in [0.5, 0.6) is 0 Å². The summed E-state index contributed by atoms with van der Waals surface area (Å²) in [6.07, 6.45) is 7.44. The highest BCUT2D eigenvalue weighted by Crippen LogP contribution is 2.10. The van der Waals surface area contributed by atoms with Gasteiger partial charge in [0.05, 0.1) is 18.5 Å². The van der Waals surface area contributed by atoms with Gasteiger partial charge in [0, 0.05) is 0 Å². The highest BCUT2D eigenvalue weighted by Gasteiger charge is 2.17. The third-order valence-corrected chi connectivity index (χ3v) is 2.57. The number of carbonyl (C=O) groups is 1. The molecule has 0 spiro atoms. The van der Waals surface area contributed by atoms with E-state index >= 15 is 0 Å². The average molecular weight is 209 g/mol. The van der Waals surface area contributed by atoms with Crippen LogP contribution < -0.4 is 4.57 Å². The normalized spacial score (nSPS) is 12.3. The summed E-state index contributed by atoms with van der Waals surface area (Å²) >= 11 is 0. The van der Waals surface area contributed by atoms with Crippen LogP contribution in [0, 0.1) is 5.92 Å². The number of hydrogen-bond donors (Lipinski definition) is 2. The van der Waals surface area contributed by atoms with Gasteiger partial charge >= 0.3 is 5.97 Å².